The maximum atomic E-state index is 5.35. The summed E-state index contributed by atoms with van der Waals surface area (Å²) in [6.07, 6.45) is 1.73. The maximum absolute atomic E-state index is 5.35. The van der Waals surface area contributed by atoms with Gasteiger partial charge < -0.3 is 4.74 Å². The lowest BCUT2D eigenvalue weighted by Crippen LogP contribution is -1.96. The van der Waals surface area contributed by atoms with Gasteiger partial charge in [-0.2, -0.15) is 5.10 Å². The predicted octanol–water partition coefficient (Wildman–Crippen LogP) is 3.17. The smallest absolute Gasteiger partial charge is 0.154 e. The van der Waals surface area contributed by atoms with Crippen molar-refractivity contribution in [1.82, 2.24) is 14.6 Å². The largest absolute Gasteiger partial charge is 0.496 e. The number of hydrogen-bond acceptors (Lipinski definition) is 3. The van der Waals surface area contributed by atoms with Crippen LogP contribution in [-0.2, 0) is 0 Å². The van der Waals surface area contributed by atoms with Gasteiger partial charge in [0, 0.05) is 5.56 Å². The van der Waals surface area contributed by atoms with Crippen molar-refractivity contribution in [2.75, 3.05) is 7.11 Å². The van der Waals surface area contributed by atoms with Crippen molar-refractivity contribution in [1.29, 1.82) is 0 Å². The summed E-state index contributed by atoms with van der Waals surface area (Å²) in [6, 6.07) is 11.7. The summed E-state index contributed by atoms with van der Waals surface area (Å²) >= 11 is 3.42. The van der Waals surface area contributed by atoms with Gasteiger partial charge in [0.05, 0.1) is 19.0 Å². The van der Waals surface area contributed by atoms with E-state index in [0.717, 1.165) is 27.3 Å². The molecule has 0 spiro atoms. The zero-order valence-corrected chi connectivity index (χ0v) is 11.3. The third-order valence-electron chi connectivity index (χ3n) is 2.70. The van der Waals surface area contributed by atoms with Crippen LogP contribution in [0.4, 0.5) is 0 Å². The van der Waals surface area contributed by atoms with Crippen LogP contribution in [0.15, 0.2) is 47.2 Å². The highest BCUT2D eigenvalue weighted by Crippen LogP contribution is 2.28. The minimum absolute atomic E-state index is 0.806. The Morgan fingerprint density at radius 1 is 1.17 bits per heavy atom. The molecule has 2 heterocycles. The molecule has 3 aromatic rings. The number of aromatic nitrogens is 3. The first-order valence-corrected chi connectivity index (χ1v) is 6.22. The number of imidazole rings is 1. The molecule has 0 aliphatic carbocycles. The first kappa shape index (κ1) is 11.2. The molecule has 5 heteroatoms. The Morgan fingerprint density at radius 3 is 2.83 bits per heavy atom. The summed E-state index contributed by atoms with van der Waals surface area (Å²) < 4.78 is 7.93. The van der Waals surface area contributed by atoms with E-state index in [1.54, 1.807) is 17.8 Å². The molecular weight excluding hydrogens is 294 g/mol. The van der Waals surface area contributed by atoms with Crippen LogP contribution in [0.3, 0.4) is 0 Å². The topological polar surface area (TPSA) is 39.4 Å². The number of ether oxygens (including phenoxy) is 1. The number of hydrogen-bond donors (Lipinski definition) is 0. The molecule has 0 aliphatic heterocycles. The molecule has 0 N–H and O–H groups in total. The number of para-hydroxylation sites is 1. The van der Waals surface area contributed by atoms with Gasteiger partial charge in [0.1, 0.15) is 10.4 Å². The molecular formula is C13H10BrN3O. The summed E-state index contributed by atoms with van der Waals surface area (Å²) in [7, 11) is 1.66. The fourth-order valence-corrected chi connectivity index (χ4v) is 2.21. The Bertz CT molecular complexity index is 708. The Labute approximate surface area is 112 Å². The monoisotopic (exact) mass is 303 g/mol. The minimum Gasteiger partial charge on any atom is -0.496 e. The molecule has 0 bridgehead atoms. The van der Waals surface area contributed by atoms with Crippen molar-refractivity contribution in [2.24, 2.45) is 0 Å². The fourth-order valence-electron chi connectivity index (χ4n) is 1.85. The standard InChI is InChI=1S/C13H10BrN3O/c1-18-11-5-3-2-4-9(11)10-6-7-13-15-8-12(14)17(13)16-10/h2-8H,1H3. The van der Waals surface area contributed by atoms with E-state index in [9.17, 15) is 0 Å². The average Bonchev–Trinajstić information content (AvgIpc) is 2.80. The molecule has 18 heavy (non-hydrogen) atoms. The first-order chi connectivity index (χ1) is 8.79. The molecule has 0 unspecified atom stereocenters. The van der Waals surface area contributed by atoms with E-state index in [0.29, 0.717) is 0 Å². The highest BCUT2D eigenvalue weighted by molar-refractivity contribution is 9.10. The minimum atomic E-state index is 0.806. The second-order valence-electron chi connectivity index (χ2n) is 3.77. The van der Waals surface area contributed by atoms with Gasteiger partial charge in [0.15, 0.2) is 5.65 Å². The van der Waals surface area contributed by atoms with Gasteiger partial charge in [-0.05, 0) is 40.2 Å². The van der Waals surface area contributed by atoms with Crippen LogP contribution in [0.2, 0.25) is 0 Å². The summed E-state index contributed by atoms with van der Waals surface area (Å²) in [4.78, 5) is 4.22. The van der Waals surface area contributed by atoms with Gasteiger partial charge in [-0.1, -0.05) is 12.1 Å². The third-order valence-corrected chi connectivity index (χ3v) is 3.24. The Balaban J connectivity index is 2.21. The third kappa shape index (κ3) is 1.76. The summed E-state index contributed by atoms with van der Waals surface area (Å²) in [6.45, 7) is 0. The van der Waals surface area contributed by atoms with Crippen molar-refractivity contribution in [2.45, 2.75) is 0 Å². The van der Waals surface area contributed by atoms with Crippen LogP contribution in [0, 0.1) is 0 Å². The van der Waals surface area contributed by atoms with E-state index in [1.165, 1.54) is 0 Å². The van der Waals surface area contributed by atoms with Gasteiger partial charge in [0.25, 0.3) is 0 Å². The van der Waals surface area contributed by atoms with Gasteiger partial charge in [-0.15, -0.1) is 0 Å². The molecule has 3 rings (SSSR count). The van der Waals surface area contributed by atoms with Crippen molar-refractivity contribution in [3.05, 3.63) is 47.2 Å². The van der Waals surface area contributed by atoms with E-state index in [2.05, 4.69) is 26.0 Å². The molecule has 0 fully saturated rings. The highest BCUT2D eigenvalue weighted by atomic mass is 79.9. The maximum Gasteiger partial charge on any atom is 0.154 e. The lowest BCUT2D eigenvalue weighted by molar-refractivity contribution is 0.416. The quantitative estimate of drug-likeness (QED) is 0.730. The number of benzene rings is 1. The number of rotatable bonds is 2. The summed E-state index contributed by atoms with van der Waals surface area (Å²) in [5, 5.41) is 4.54. The molecule has 0 aliphatic rings. The SMILES string of the molecule is COc1ccccc1-c1ccc2ncc(Br)n2n1. The Morgan fingerprint density at radius 2 is 2.00 bits per heavy atom. The second kappa shape index (κ2) is 4.42. The molecule has 1 aromatic carbocycles. The van der Waals surface area contributed by atoms with Gasteiger partial charge in [0.2, 0.25) is 0 Å². The molecule has 0 atom stereocenters. The van der Waals surface area contributed by atoms with Crippen molar-refractivity contribution in [3.8, 4) is 17.0 Å². The lowest BCUT2D eigenvalue weighted by atomic mass is 10.1. The molecule has 90 valence electrons. The number of methoxy groups -OCH3 is 1. The van der Waals surface area contributed by atoms with Gasteiger partial charge in [-0.25, -0.2) is 9.50 Å². The summed E-state index contributed by atoms with van der Waals surface area (Å²) in [5.74, 6) is 0.806. The Hall–Kier alpha value is -1.88. The Kier molecular flexibility index (Phi) is 2.76. The van der Waals surface area contributed by atoms with Crippen LogP contribution in [0.1, 0.15) is 0 Å². The fraction of sp³-hybridized carbons (Fsp3) is 0.0769. The van der Waals surface area contributed by atoms with E-state index < -0.39 is 0 Å². The first-order valence-electron chi connectivity index (χ1n) is 5.43. The van der Waals surface area contributed by atoms with E-state index >= 15 is 0 Å². The molecule has 0 saturated carbocycles. The van der Waals surface area contributed by atoms with E-state index in [-0.39, 0.29) is 0 Å². The van der Waals surface area contributed by atoms with Crippen LogP contribution in [-0.4, -0.2) is 21.7 Å². The number of nitrogens with zero attached hydrogens (tertiary/aromatic N) is 3. The van der Waals surface area contributed by atoms with Crippen LogP contribution in [0.5, 0.6) is 5.75 Å². The normalized spacial score (nSPS) is 10.8. The zero-order chi connectivity index (χ0) is 12.5. The van der Waals surface area contributed by atoms with Crippen LogP contribution < -0.4 is 4.74 Å². The van der Waals surface area contributed by atoms with E-state index in [1.807, 2.05) is 36.4 Å². The summed E-state index contributed by atoms with van der Waals surface area (Å²) in [5.41, 5.74) is 2.61. The zero-order valence-electron chi connectivity index (χ0n) is 9.67. The number of halogens is 1. The second-order valence-corrected chi connectivity index (χ2v) is 4.58. The molecule has 4 nitrogen and oxygen atoms in total. The van der Waals surface area contributed by atoms with Gasteiger partial charge in [-0.3, -0.25) is 0 Å². The van der Waals surface area contributed by atoms with E-state index in [4.69, 9.17) is 4.74 Å². The molecule has 0 saturated heterocycles. The van der Waals surface area contributed by atoms with Crippen LogP contribution in [0.25, 0.3) is 16.9 Å². The molecule has 0 amide bonds. The van der Waals surface area contributed by atoms with Crippen molar-refractivity contribution < 1.29 is 4.74 Å². The van der Waals surface area contributed by atoms with Crippen molar-refractivity contribution >= 4 is 21.6 Å². The van der Waals surface area contributed by atoms with Crippen LogP contribution >= 0.6 is 15.9 Å². The highest BCUT2D eigenvalue weighted by Gasteiger charge is 2.08. The predicted molar refractivity (Wildman–Crippen MR) is 72.7 cm³/mol. The average molecular weight is 304 g/mol. The molecule has 0 radical (unpaired) electrons. The number of fused-ring (bicyclic) bond motifs is 1. The molecule has 2 aromatic heterocycles. The van der Waals surface area contributed by atoms with Gasteiger partial charge >= 0.3 is 0 Å². The lowest BCUT2D eigenvalue weighted by Gasteiger charge is -2.07. The van der Waals surface area contributed by atoms with Crippen molar-refractivity contribution in [3.63, 3.8) is 0 Å².